The number of halogens is 1. The minimum Gasteiger partial charge on any atom is -0.478 e. The third-order valence-corrected chi connectivity index (χ3v) is 4.85. The van der Waals surface area contributed by atoms with Crippen molar-refractivity contribution < 1.29 is 14.7 Å². The lowest BCUT2D eigenvalue weighted by Gasteiger charge is -2.17. The molecule has 0 amide bonds. The smallest absolute Gasteiger partial charge is 0.338 e. The van der Waals surface area contributed by atoms with E-state index >= 15 is 0 Å². The minimum atomic E-state index is -1.09. The molecule has 4 nitrogen and oxygen atoms in total. The maximum Gasteiger partial charge on any atom is 0.338 e. The van der Waals surface area contributed by atoms with Crippen LogP contribution in [0.1, 0.15) is 52.7 Å². The number of hydrogen-bond acceptors (Lipinski definition) is 4. The Morgan fingerprint density at radius 1 is 1.16 bits per heavy atom. The zero-order valence-corrected chi connectivity index (χ0v) is 16.0. The molecule has 0 atom stereocenters. The van der Waals surface area contributed by atoms with Crippen molar-refractivity contribution in [1.82, 2.24) is 4.98 Å². The van der Waals surface area contributed by atoms with Crippen LogP contribution >= 0.6 is 23.4 Å². The molecule has 0 aliphatic heterocycles. The summed E-state index contributed by atoms with van der Waals surface area (Å²) in [6.07, 6.45) is 0.988. The molecule has 25 heavy (non-hydrogen) atoms. The Labute approximate surface area is 156 Å². The fourth-order valence-electron chi connectivity index (χ4n) is 2.82. The summed E-state index contributed by atoms with van der Waals surface area (Å²) in [7, 11) is 0. The van der Waals surface area contributed by atoms with Gasteiger partial charge in [-0.25, -0.2) is 4.79 Å². The summed E-state index contributed by atoms with van der Waals surface area (Å²) in [5, 5.41) is 10.2. The van der Waals surface area contributed by atoms with Gasteiger partial charge in [-0.3, -0.25) is 9.78 Å². The van der Waals surface area contributed by atoms with Crippen LogP contribution in [-0.4, -0.2) is 26.9 Å². The number of carboxylic acids is 1. The van der Waals surface area contributed by atoms with Crippen LogP contribution in [0.4, 0.5) is 0 Å². The second kappa shape index (κ2) is 8.50. The van der Waals surface area contributed by atoms with Crippen LogP contribution in [0.2, 0.25) is 5.02 Å². The number of pyridine rings is 1. The number of carbonyl (C=O) groups is 2. The summed E-state index contributed by atoms with van der Waals surface area (Å²) in [5.74, 6) is -0.457. The number of aromatic carboxylic acids is 1. The lowest BCUT2D eigenvalue weighted by Crippen LogP contribution is -2.16. The lowest BCUT2D eigenvalue weighted by molar-refractivity contribution is 0.0696. The SMILES string of the molecule is CCSC(=O)c1c(CC)nc(-c2cccc(Cl)c2)c(C(=O)O)c1CC. The van der Waals surface area contributed by atoms with Gasteiger partial charge in [0.25, 0.3) is 0 Å². The van der Waals surface area contributed by atoms with Crippen LogP contribution < -0.4 is 0 Å². The van der Waals surface area contributed by atoms with Gasteiger partial charge in [-0.05, 0) is 36.3 Å². The molecule has 0 saturated carbocycles. The molecule has 1 aromatic heterocycles. The average Bonchev–Trinajstić information content (AvgIpc) is 2.59. The van der Waals surface area contributed by atoms with Crippen molar-refractivity contribution in [1.29, 1.82) is 0 Å². The van der Waals surface area contributed by atoms with Crippen molar-refractivity contribution in [3.63, 3.8) is 0 Å². The van der Waals surface area contributed by atoms with Gasteiger partial charge in [-0.1, -0.05) is 56.3 Å². The standard InChI is InChI=1S/C19H20ClNO3S/c1-4-13-15(19(24)25-6-3)14(5-2)21-17(16(13)18(22)23)11-8-7-9-12(20)10-11/h7-10H,4-6H2,1-3H3,(H,22,23). The maximum atomic E-state index is 12.6. The van der Waals surface area contributed by atoms with Crippen molar-refractivity contribution in [3.8, 4) is 11.3 Å². The summed E-state index contributed by atoms with van der Waals surface area (Å²) in [6.45, 7) is 5.67. The highest BCUT2D eigenvalue weighted by atomic mass is 35.5. The molecule has 0 unspecified atom stereocenters. The van der Waals surface area contributed by atoms with Crippen LogP contribution in [0.25, 0.3) is 11.3 Å². The molecule has 0 fully saturated rings. The number of carboxylic acid groups (broad SMARTS) is 1. The molecule has 0 saturated heterocycles. The van der Waals surface area contributed by atoms with Crippen molar-refractivity contribution in [2.75, 3.05) is 5.75 Å². The Kier molecular flexibility index (Phi) is 6.62. The molecule has 6 heteroatoms. The van der Waals surface area contributed by atoms with E-state index in [1.54, 1.807) is 24.3 Å². The summed E-state index contributed by atoms with van der Waals surface area (Å²) >= 11 is 7.24. The molecule has 1 N–H and O–H groups in total. The van der Waals surface area contributed by atoms with E-state index in [4.69, 9.17) is 11.6 Å². The Morgan fingerprint density at radius 3 is 2.40 bits per heavy atom. The van der Waals surface area contributed by atoms with E-state index in [9.17, 15) is 14.7 Å². The summed E-state index contributed by atoms with van der Waals surface area (Å²) < 4.78 is 0. The van der Waals surface area contributed by atoms with Gasteiger partial charge < -0.3 is 5.11 Å². The van der Waals surface area contributed by atoms with E-state index in [0.29, 0.717) is 51.7 Å². The van der Waals surface area contributed by atoms with E-state index < -0.39 is 5.97 Å². The average molecular weight is 378 g/mol. The molecular formula is C19H20ClNO3S. The fourth-order valence-corrected chi connectivity index (χ4v) is 3.66. The first-order chi connectivity index (χ1) is 11.9. The quantitative estimate of drug-likeness (QED) is 0.756. The molecule has 0 aliphatic rings. The van der Waals surface area contributed by atoms with Gasteiger partial charge in [0.2, 0.25) is 5.12 Å². The number of thioether (sulfide) groups is 1. The third kappa shape index (κ3) is 4.05. The maximum absolute atomic E-state index is 12.6. The van der Waals surface area contributed by atoms with E-state index in [1.807, 2.05) is 20.8 Å². The number of nitrogens with zero attached hydrogens (tertiary/aromatic N) is 1. The predicted octanol–water partition coefficient (Wildman–Crippen LogP) is 5.12. The highest BCUT2D eigenvalue weighted by molar-refractivity contribution is 8.14. The summed E-state index contributed by atoms with van der Waals surface area (Å²) in [5.41, 5.74) is 2.70. The number of hydrogen-bond donors (Lipinski definition) is 1. The molecule has 2 aromatic rings. The first kappa shape index (κ1) is 19.5. The van der Waals surface area contributed by atoms with Gasteiger partial charge in [0.15, 0.2) is 0 Å². The molecular weight excluding hydrogens is 358 g/mol. The Morgan fingerprint density at radius 2 is 1.88 bits per heavy atom. The normalized spacial score (nSPS) is 10.7. The largest absolute Gasteiger partial charge is 0.478 e. The van der Waals surface area contributed by atoms with Crippen LogP contribution in [0.3, 0.4) is 0 Å². The molecule has 1 aromatic carbocycles. The van der Waals surface area contributed by atoms with E-state index in [-0.39, 0.29) is 10.7 Å². The van der Waals surface area contributed by atoms with E-state index in [1.165, 1.54) is 11.8 Å². The molecule has 132 valence electrons. The van der Waals surface area contributed by atoms with Crippen molar-refractivity contribution in [2.24, 2.45) is 0 Å². The highest BCUT2D eigenvalue weighted by Gasteiger charge is 2.26. The van der Waals surface area contributed by atoms with Crippen molar-refractivity contribution >= 4 is 34.4 Å². The number of aromatic nitrogens is 1. The van der Waals surface area contributed by atoms with E-state index in [0.717, 1.165) is 0 Å². The zero-order valence-electron chi connectivity index (χ0n) is 14.4. The number of carbonyl (C=O) groups excluding carboxylic acids is 1. The highest BCUT2D eigenvalue weighted by Crippen LogP contribution is 2.32. The van der Waals surface area contributed by atoms with E-state index in [2.05, 4.69) is 4.98 Å². The number of benzene rings is 1. The molecule has 0 spiro atoms. The Bertz CT molecular complexity index is 821. The predicted molar refractivity (Wildman–Crippen MR) is 103 cm³/mol. The van der Waals surface area contributed by atoms with Gasteiger partial charge in [-0.2, -0.15) is 0 Å². The second-order valence-electron chi connectivity index (χ2n) is 5.38. The van der Waals surface area contributed by atoms with Gasteiger partial charge in [0.05, 0.1) is 22.5 Å². The topological polar surface area (TPSA) is 67.3 Å². The number of aryl methyl sites for hydroxylation is 1. The van der Waals surface area contributed by atoms with Crippen LogP contribution in [-0.2, 0) is 12.8 Å². The first-order valence-electron chi connectivity index (χ1n) is 8.16. The lowest BCUT2D eigenvalue weighted by atomic mass is 9.93. The van der Waals surface area contributed by atoms with Gasteiger partial charge in [0.1, 0.15) is 0 Å². The van der Waals surface area contributed by atoms with Gasteiger partial charge in [-0.15, -0.1) is 0 Å². The second-order valence-corrected chi connectivity index (χ2v) is 7.05. The van der Waals surface area contributed by atoms with Gasteiger partial charge >= 0.3 is 5.97 Å². The van der Waals surface area contributed by atoms with Crippen LogP contribution in [0.5, 0.6) is 0 Å². The minimum absolute atomic E-state index is 0.0852. The monoisotopic (exact) mass is 377 g/mol. The van der Waals surface area contributed by atoms with Crippen molar-refractivity contribution in [3.05, 3.63) is 51.7 Å². The molecule has 1 heterocycles. The van der Waals surface area contributed by atoms with Gasteiger partial charge in [0, 0.05) is 10.6 Å². The molecule has 0 aliphatic carbocycles. The molecule has 2 rings (SSSR count). The summed E-state index contributed by atoms with van der Waals surface area (Å²) in [6, 6.07) is 6.95. The van der Waals surface area contributed by atoms with Crippen LogP contribution in [0.15, 0.2) is 24.3 Å². The van der Waals surface area contributed by atoms with Crippen LogP contribution in [0, 0.1) is 0 Å². The first-order valence-corrected chi connectivity index (χ1v) is 9.52. The third-order valence-electron chi connectivity index (χ3n) is 3.86. The zero-order chi connectivity index (χ0) is 18.6. The molecule has 0 radical (unpaired) electrons. The summed E-state index contributed by atoms with van der Waals surface area (Å²) in [4.78, 5) is 29.2. The number of rotatable bonds is 6. The Balaban J connectivity index is 2.86. The fraction of sp³-hybridized carbons (Fsp3) is 0.316. The van der Waals surface area contributed by atoms with Crippen molar-refractivity contribution in [2.45, 2.75) is 33.6 Å². The molecule has 0 bridgehead atoms. The Hall–Kier alpha value is -1.85.